The van der Waals surface area contributed by atoms with E-state index in [2.05, 4.69) is 5.32 Å². The molecule has 1 aliphatic rings. The molecule has 1 aliphatic heterocycles. The van der Waals surface area contributed by atoms with Gasteiger partial charge >= 0.3 is 6.18 Å². The molecule has 0 bridgehead atoms. The number of nitrogens with one attached hydrogen (secondary N) is 1. The lowest BCUT2D eigenvalue weighted by molar-refractivity contribution is -0.253. The minimum absolute atomic E-state index is 0.107. The highest BCUT2D eigenvalue weighted by Gasteiger charge is 2.33. The Labute approximate surface area is 116 Å². The van der Waals surface area contributed by atoms with Crippen molar-refractivity contribution in [3.8, 4) is 0 Å². The standard InChI is InChI=1S/C14H18F3NO2/c1-13(2)19-8-11(9-20-13)18-7-10-5-3-4-6-12(10)14(15,16)17/h3-6,11,18H,7-9H2,1-2H3. The van der Waals surface area contributed by atoms with Crippen LogP contribution in [0, 0.1) is 0 Å². The van der Waals surface area contributed by atoms with Gasteiger partial charge in [-0.1, -0.05) is 18.2 Å². The maximum atomic E-state index is 12.8. The van der Waals surface area contributed by atoms with E-state index >= 15 is 0 Å². The Balaban J connectivity index is 1.95. The van der Waals surface area contributed by atoms with E-state index in [1.807, 2.05) is 13.8 Å². The number of hydrogen-bond acceptors (Lipinski definition) is 3. The molecule has 6 heteroatoms. The second kappa shape index (κ2) is 5.71. The van der Waals surface area contributed by atoms with Crippen molar-refractivity contribution >= 4 is 0 Å². The Kier molecular flexibility index (Phi) is 4.36. The fourth-order valence-electron chi connectivity index (χ4n) is 2.02. The molecule has 20 heavy (non-hydrogen) atoms. The largest absolute Gasteiger partial charge is 0.416 e. The van der Waals surface area contributed by atoms with Gasteiger partial charge in [-0.15, -0.1) is 0 Å². The van der Waals surface area contributed by atoms with Crippen molar-refractivity contribution in [3.63, 3.8) is 0 Å². The van der Waals surface area contributed by atoms with Gasteiger partial charge in [0.2, 0.25) is 0 Å². The van der Waals surface area contributed by atoms with Gasteiger partial charge in [-0.3, -0.25) is 0 Å². The monoisotopic (exact) mass is 289 g/mol. The lowest BCUT2D eigenvalue weighted by Crippen LogP contribution is -2.48. The van der Waals surface area contributed by atoms with E-state index in [0.29, 0.717) is 13.2 Å². The summed E-state index contributed by atoms with van der Waals surface area (Å²) >= 11 is 0. The Morgan fingerprint density at radius 3 is 2.40 bits per heavy atom. The predicted octanol–water partition coefficient (Wildman–Crippen LogP) is 2.95. The normalized spacial score (nSPS) is 20.1. The van der Waals surface area contributed by atoms with Crippen LogP contribution in [0.4, 0.5) is 13.2 Å². The average Bonchev–Trinajstić information content (AvgIpc) is 2.37. The lowest BCUT2D eigenvalue weighted by Gasteiger charge is -2.35. The first-order valence-electron chi connectivity index (χ1n) is 6.44. The molecule has 2 rings (SSSR count). The summed E-state index contributed by atoms with van der Waals surface area (Å²) in [6, 6.07) is 5.45. The number of benzene rings is 1. The molecule has 0 saturated carbocycles. The van der Waals surface area contributed by atoms with E-state index in [-0.39, 0.29) is 18.2 Å². The molecule has 0 radical (unpaired) electrons. The predicted molar refractivity (Wildman–Crippen MR) is 68.1 cm³/mol. The van der Waals surface area contributed by atoms with Crippen molar-refractivity contribution < 1.29 is 22.6 Å². The molecule has 0 amide bonds. The van der Waals surface area contributed by atoms with E-state index in [9.17, 15) is 13.2 Å². The summed E-state index contributed by atoms with van der Waals surface area (Å²) in [5.74, 6) is -0.623. The molecular formula is C14H18F3NO2. The van der Waals surface area contributed by atoms with Gasteiger partial charge in [0.15, 0.2) is 5.79 Å². The average molecular weight is 289 g/mol. The minimum Gasteiger partial charge on any atom is -0.349 e. The van der Waals surface area contributed by atoms with Crippen LogP contribution >= 0.6 is 0 Å². The maximum absolute atomic E-state index is 12.8. The van der Waals surface area contributed by atoms with Crippen molar-refractivity contribution in [1.29, 1.82) is 0 Å². The van der Waals surface area contributed by atoms with E-state index in [1.54, 1.807) is 6.07 Å². The Morgan fingerprint density at radius 1 is 1.20 bits per heavy atom. The summed E-state index contributed by atoms with van der Waals surface area (Å²) in [6.45, 7) is 4.58. The molecule has 1 aromatic rings. The molecule has 1 N–H and O–H groups in total. The van der Waals surface area contributed by atoms with Gasteiger partial charge in [-0.2, -0.15) is 13.2 Å². The Morgan fingerprint density at radius 2 is 1.80 bits per heavy atom. The second-order valence-corrected chi connectivity index (χ2v) is 5.25. The molecule has 1 heterocycles. The van der Waals surface area contributed by atoms with Gasteiger partial charge in [0, 0.05) is 6.54 Å². The zero-order valence-electron chi connectivity index (χ0n) is 11.5. The van der Waals surface area contributed by atoms with Crippen molar-refractivity contribution in [1.82, 2.24) is 5.32 Å². The summed E-state index contributed by atoms with van der Waals surface area (Å²) in [5.41, 5.74) is -0.379. The zero-order chi connectivity index (χ0) is 14.8. The highest BCUT2D eigenvalue weighted by molar-refractivity contribution is 5.29. The molecule has 1 fully saturated rings. The number of hydrogen-bond donors (Lipinski definition) is 1. The third-order valence-corrected chi connectivity index (χ3v) is 3.17. The Bertz CT molecular complexity index is 450. The van der Waals surface area contributed by atoms with Crippen LogP contribution in [0.2, 0.25) is 0 Å². The van der Waals surface area contributed by atoms with E-state index in [0.717, 1.165) is 6.07 Å². The molecule has 0 unspecified atom stereocenters. The third kappa shape index (κ3) is 3.94. The smallest absolute Gasteiger partial charge is 0.349 e. The molecule has 1 saturated heterocycles. The summed E-state index contributed by atoms with van der Waals surface area (Å²) in [5, 5.41) is 3.04. The van der Waals surface area contributed by atoms with Gasteiger partial charge in [0.1, 0.15) is 0 Å². The lowest BCUT2D eigenvalue weighted by atomic mass is 10.1. The van der Waals surface area contributed by atoms with Gasteiger partial charge < -0.3 is 14.8 Å². The highest BCUT2D eigenvalue weighted by atomic mass is 19.4. The van der Waals surface area contributed by atoms with Crippen LogP contribution in [0.25, 0.3) is 0 Å². The fraction of sp³-hybridized carbons (Fsp3) is 0.571. The number of alkyl halides is 3. The van der Waals surface area contributed by atoms with E-state index < -0.39 is 17.5 Å². The van der Waals surface area contributed by atoms with Gasteiger partial charge in [0.25, 0.3) is 0 Å². The van der Waals surface area contributed by atoms with Crippen molar-refractivity contribution in [2.75, 3.05) is 13.2 Å². The SMILES string of the molecule is CC1(C)OCC(NCc2ccccc2C(F)(F)F)CO1. The van der Waals surface area contributed by atoms with Gasteiger partial charge in [-0.25, -0.2) is 0 Å². The van der Waals surface area contributed by atoms with Crippen LogP contribution in [-0.4, -0.2) is 25.0 Å². The topological polar surface area (TPSA) is 30.5 Å². The number of halogens is 3. The maximum Gasteiger partial charge on any atom is 0.416 e. The summed E-state index contributed by atoms with van der Waals surface area (Å²) in [7, 11) is 0. The van der Waals surface area contributed by atoms with E-state index in [1.165, 1.54) is 12.1 Å². The van der Waals surface area contributed by atoms with Crippen LogP contribution in [0.3, 0.4) is 0 Å². The third-order valence-electron chi connectivity index (χ3n) is 3.17. The molecule has 0 aromatic heterocycles. The van der Waals surface area contributed by atoms with Crippen molar-refractivity contribution in [2.45, 2.75) is 38.4 Å². The second-order valence-electron chi connectivity index (χ2n) is 5.25. The molecular weight excluding hydrogens is 271 g/mol. The van der Waals surface area contributed by atoms with Crippen LogP contribution in [0.1, 0.15) is 25.0 Å². The highest BCUT2D eigenvalue weighted by Crippen LogP contribution is 2.31. The first-order valence-corrected chi connectivity index (χ1v) is 6.44. The molecule has 0 aliphatic carbocycles. The number of ether oxygens (including phenoxy) is 2. The number of rotatable bonds is 3. The fourth-order valence-corrected chi connectivity index (χ4v) is 2.02. The summed E-state index contributed by atoms with van der Waals surface area (Å²) < 4.78 is 49.4. The van der Waals surface area contributed by atoms with Crippen molar-refractivity contribution in [3.05, 3.63) is 35.4 Å². The molecule has 0 spiro atoms. The molecule has 0 atom stereocenters. The van der Waals surface area contributed by atoms with Crippen molar-refractivity contribution in [2.24, 2.45) is 0 Å². The molecule has 1 aromatic carbocycles. The quantitative estimate of drug-likeness (QED) is 0.928. The van der Waals surface area contributed by atoms with E-state index in [4.69, 9.17) is 9.47 Å². The summed E-state index contributed by atoms with van der Waals surface area (Å²) in [6.07, 6.45) is -4.33. The Hall–Kier alpha value is -1.11. The van der Waals surface area contributed by atoms with Gasteiger partial charge in [-0.05, 0) is 25.5 Å². The van der Waals surface area contributed by atoms with Crippen LogP contribution in [0.15, 0.2) is 24.3 Å². The molecule has 112 valence electrons. The first kappa shape index (κ1) is 15.3. The molecule has 3 nitrogen and oxygen atoms in total. The van der Waals surface area contributed by atoms with Gasteiger partial charge in [0.05, 0.1) is 24.8 Å². The minimum atomic E-state index is -4.33. The zero-order valence-corrected chi connectivity index (χ0v) is 11.5. The summed E-state index contributed by atoms with van der Waals surface area (Å²) in [4.78, 5) is 0. The first-order chi connectivity index (χ1) is 9.28. The van der Waals surface area contributed by atoms with Crippen LogP contribution in [0.5, 0.6) is 0 Å². The van der Waals surface area contributed by atoms with Crippen LogP contribution < -0.4 is 5.32 Å². The van der Waals surface area contributed by atoms with Crippen LogP contribution in [-0.2, 0) is 22.2 Å².